The van der Waals surface area contributed by atoms with Crippen molar-refractivity contribution in [1.29, 1.82) is 0 Å². The molecule has 0 radical (unpaired) electrons. The lowest BCUT2D eigenvalue weighted by molar-refractivity contribution is -0.142. The fraction of sp³-hybridized carbons (Fsp3) is 0.438. The van der Waals surface area contributed by atoms with Gasteiger partial charge in [0.15, 0.2) is 6.04 Å². The minimum Gasteiger partial charge on any atom is -0.480 e. The zero-order valence-corrected chi connectivity index (χ0v) is 14.5. The Bertz CT molecular complexity index is 671. The first-order valence-electron chi connectivity index (χ1n) is 7.75. The summed E-state index contributed by atoms with van der Waals surface area (Å²) >= 11 is 1.22. The van der Waals surface area contributed by atoms with Crippen LogP contribution in [0.2, 0.25) is 0 Å². The molecule has 25 heavy (non-hydrogen) atoms. The van der Waals surface area contributed by atoms with Gasteiger partial charge in [0.1, 0.15) is 17.1 Å². The van der Waals surface area contributed by atoms with Gasteiger partial charge in [0.25, 0.3) is 0 Å². The number of hydrogen-bond donors (Lipinski definition) is 5. The van der Waals surface area contributed by atoms with Crippen LogP contribution in [0.3, 0.4) is 0 Å². The summed E-state index contributed by atoms with van der Waals surface area (Å²) in [6, 6.07) is -2.23. The van der Waals surface area contributed by atoms with Gasteiger partial charge in [-0.15, -0.1) is 11.8 Å². The van der Waals surface area contributed by atoms with Gasteiger partial charge in [-0.1, -0.05) is 18.2 Å². The third-order valence-corrected chi connectivity index (χ3v) is 5.34. The minimum absolute atomic E-state index is 0.0336. The molecule has 0 spiro atoms. The Morgan fingerprint density at radius 2 is 2.08 bits per heavy atom. The zero-order valence-electron chi connectivity index (χ0n) is 13.7. The largest absolute Gasteiger partial charge is 0.480 e. The van der Waals surface area contributed by atoms with E-state index in [1.807, 2.05) is 18.2 Å². The quantitative estimate of drug-likeness (QED) is 0.419. The number of amides is 1. The highest BCUT2D eigenvalue weighted by molar-refractivity contribution is 8.00. The molecule has 6 N–H and O–H groups in total. The summed E-state index contributed by atoms with van der Waals surface area (Å²) in [5.74, 6) is -2.65. The highest BCUT2D eigenvalue weighted by atomic mass is 32.2. The van der Waals surface area contributed by atoms with E-state index in [4.69, 9.17) is 5.73 Å². The van der Waals surface area contributed by atoms with Crippen LogP contribution < -0.4 is 16.4 Å². The van der Waals surface area contributed by atoms with E-state index in [0.717, 1.165) is 5.57 Å². The summed E-state index contributed by atoms with van der Waals surface area (Å²) in [6.45, 7) is 1.66. The van der Waals surface area contributed by atoms with Crippen molar-refractivity contribution in [3.8, 4) is 0 Å². The predicted octanol–water partition coefficient (Wildman–Crippen LogP) is 0.181. The maximum atomic E-state index is 12.3. The third kappa shape index (κ3) is 4.64. The summed E-state index contributed by atoms with van der Waals surface area (Å²) in [7, 11) is 0. The lowest BCUT2D eigenvalue weighted by atomic mass is 9.98. The van der Waals surface area contributed by atoms with Crippen LogP contribution in [0.1, 0.15) is 19.8 Å². The van der Waals surface area contributed by atoms with Crippen LogP contribution in [-0.4, -0.2) is 51.3 Å². The third-order valence-electron chi connectivity index (χ3n) is 3.99. The summed E-state index contributed by atoms with van der Waals surface area (Å²) in [5.41, 5.74) is 7.24. The second-order valence-electron chi connectivity index (χ2n) is 5.83. The van der Waals surface area contributed by atoms with Gasteiger partial charge in [0.05, 0.1) is 0 Å². The summed E-state index contributed by atoms with van der Waals surface area (Å²) in [6.07, 6.45) is 6.95. The van der Waals surface area contributed by atoms with Gasteiger partial charge < -0.3 is 26.6 Å². The number of allylic oxidation sites excluding steroid dienone is 3. The Labute approximate surface area is 149 Å². The average Bonchev–Trinajstić information content (AvgIpc) is 2.59. The molecule has 0 aromatic heterocycles. The Morgan fingerprint density at radius 1 is 1.36 bits per heavy atom. The topological polar surface area (TPSA) is 142 Å². The average molecular weight is 367 g/mol. The highest BCUT2D eigenvalue weighted by Gasteiger charge is 2.35. The van der Waals surface area contributed by atoms with Gasteiger partial charge in [0, 0.05) is 5.75 Å². The van der Waals surface area contributed by atoms with Crippen molar-refractivity contribution >= 4 is 29.6 Å². The van der Waals surface area contributed by atoms with Crippen molar-refractivity contribution in [3.05, 3.63) is 35.1 Å². The van der Waals surface area contributed by atoms with Gasteiger partial charge in [-0.2, -0.15) is 0 Å². The van der Waals surface area contributed by atoms with E-state index in [9.17, 15) is 24.6 Å². The second-order valence-corrected chi connectivity index (χ2v) is 6.96. The van der Waals surface area contributed by atoms with Crippen molar-refractivity contribution in [2.24, 2.45) is 5.73 Å². The fourth-order valence-electron chi connectivity index (χ4n) is 2.57. The summed E-state index contributed by atoms with van der Waals surface area (Å²) in [4.78, 5) is 35.2. The fourth-order valence-corrected chi connectivity index (χ4v) is 3.72. The van der Waals surface area contributed by atoms with Gasteiger partial charge in [-0.25, -0.2) is 9.59 Å². The van der Waals surface area contributed by atoms with Crippen molar-refractivity contribution in [2.45, 2.75) is 37.2 Å². The van der Waals surface area contributed by atoms with Crippen LogP contribution >= 0.6 is 11.8 Å². The monoisotopic (exact) mass is 367 g/mol. The van der Waals surface area contributed by atoms with E-state index in [1.165, 1.54) is 11.8 Å². The van der Waals surface area contributed by atoms with Gasteiger partial charge in [0.2, 0.25) is 5.91 Å². The van der Waals surface area contributed by atoms with Crippen molar-refractivity contribution in [3.63, 3.8) is 0 Å². The minimum atomic E-state index is -1.30. The van der Waals surface area contributed by atoms with Crippen LogP contribution in [0.25, 0.3) is 0 Å². The van der Waals surface area contributed by atoms with E-state index in [1.54, 1.807) is 6.92 Å². The highest BCUT2D eigenvalue weighted by Crippen LogP contribution is 2.25. The number of carbonyl (C=O) groups excluding carboxylic acids is 1. The zero-order chi connectivity index (χ0) is 18.6. The van der Waals surface area contributed by atoms with Crippen LogP contribution in [0.4, 0.5) is 0 Å². The first kappa shape index (κ1) is 19.1. The molecule has 0 bridgehead atoms. The second kappa shape index (κ2) is 8.21. The molecule has 0 fully saturated rings. The molecule has 0 unspecified atom stereocenters. The van der Waals surface area contributed by atoms with Crippen LogP contribution in [0.15, 0.2) is 35.1 Å². The first-order chi connectivity index (χ1) is 11.8. The molecule has 0 saturated heterocycles. The van der Waals surface area contributed by atoms with Crippen molar-refractivity contribution in [1.82, 2.24) is 10.6 Å². The molecule has 9 heteroatoms. The smallest absolute Gasteiger partial charge is 0.351 e. The number of thioether (sulfide) groups is 1. The number of aliphatic carboxylic acids is 2. The van der Waals surface area contributed by atoms with Gasteiger partial charge >= 0.3 is 11.9 Å². The van der Waals surface area contributed by atoms with E-state index in [-0.39, 0.29) is 5.70 Å². The van der Waals surface area contributed by atoms with Crippen LogP contribution in [0.5, 0.6) is 0 Å². The summed E-state index contributed by atoms with van der Waals surface area (Å²) < 4.78 is 0. The van der Waals surface area contributed by atoms with Crippen molar-refractivity contribution in [2.75, 3.05) is 5.75 Å². The molecule has 0 saturated carbocycles. The molecule has 1 amide bonds. The number of rotatable bonds is 6. The van der Waals surface area contributed by atoms with E-state index in [0.29, 0.717) is 24.2 Å². The Morgan fingerprint density at radius 3 is 2.64 bits per heavy atom. The van der Waals surface area contributed by atoms with Crippen LogP contribution in [0, 0.1) is 0 Å². The molecule has 1 aliphatic carbocycles. The molecule has 8 nitrogen and oxygen atoms in total. The van der Waals surface area contributed by atoms with E-state index >= 15 is 0 Å². The van der Waals surface area contributed by atoms with E-state index in [2.05, 4.69) is 10.6 Å². The van der Waals surface area contributed by atoms with Crippen molar-refractivity contribution < 1.29 is 24.6 Å². The number of nitrogens with two attached hydrogens (primary N) is 1. The predicted molar refractivity (Wildman–Crippen MR) is 93.7 cm³/mol. The molecular formula is C16H21N3O5S. The SMILES string of the molecule is CC1=C(C(=O)O)N[C@@H]([C@H](NC(=O)[C@H](N)C2=CCC=CC2)C(=O)O)SC1. The molecule has 136 valence electrons. The van der Waals surface area contributed by atoms with Crippen LogP contribution in [-0.2, 0) is 14.4 Å². The molecular weight excluding hydrogens is 346 g/mol. The molecule has 0 aromatic carbocycles. The molecule has 2 aliphatic rings. The standard InChI is InChI=1S/C16H21N3O5S/c1-8-7-25-14(19-11(8)15(21)22)12(16(23)24)18-13(20)10(17)9-5-3-2-4-6-9/h2-3,6,10,12,14,19H,4-5,7,17H2,1H3,(H,18,20)(H,21,22)(H,23,24)/t10-,12+,14-/m1/s1. The lowest BCUT2D eigenvalue weighted by Crippen LogP contribution is -2.57. The Balaban J connectivity index is 2.08. The van der Waals surface area contributed by atoms with E-state index < -0.39 is 35.3 Å². The number of nitrogens with one attached hydrogen (secondary N) is 2. The molecule has 1 heterocycles. The number of carbonyl (C=O) groups is 3. The number of carboxylic acids is 2. The number of hydrogen-bond acceptors (Lipinski definition) is 6. The van der Waals surface area contributed by atoms with Gasteiger partial charge in [-0.05, 0) is 30.9 Å². The normalized spacial score (nSPS) is 22.5. The first-order valence-corrected chi connectivity index (χ1v) is 8.80. The maximum Gasteiger partial charge on any atom is 0.351 e. The molecule has 0 aromatic rings. The Hall–Kier alpha value is -2.26. The summed E-state index contributed by atoms with van der Waals surface area (Å²) in [5, 5.41) is 23.0. The lowest BCUT2D eigenvalue weighted by Gasteiger charge is -2.31. The maximum absolute atomic E-state index is 12.3. The molecule has 1 aliphatic heterocycles. The Kier molecular flexibility index (Phi) is 6.27. The van der Waals surface area contributed by atoms with Gasteiger partial charge in [-0.3, -0.25) is 4.79 Å². The number of carboxylic acid groups (broad SMARTS) is 2. The molecule has 3 atom stereocenters. The molecule has 2 rings (SSSR count).